The first-order valence-electron chi connectivity index (χ1n) is 6.20. The fourth-order valence-corrected chi connectivity index (χ4v) is 1.92. The number of rotatable bonds is 3. The van der Waals surface area contributed by atoms with Crippen LogP contribution in [0.25, 0.3) is 0 Å². The Morgan fingerprint density at radius 2 is 1.76 bits per heavy atom. The Kier molecular flexibility index (Phi) is 4.16. The van der Waals surface area contributed by atoms with Gasteiger partial charge in [-0.25, -0.2) is 13.2 Å². The van der Waals surface area contributed by atoms with E-state index in [0.717, 1.165) is 6.07 Å². The predicted octanol–water partition coefficient (Wildman–Crippen LogP) is 3.18. The molecule has 1 amide bonds. The van der Waals surface area contributed by atoms with E-state index < -0.39 is 35.0 Å². The Morgan fingerprint density at radius 3 is 2.43 bits per heavy atom. The van der Waals surface area contributed by atoms with Crippen LogP contribution in [0, 0.1) is 17.5 Å². The molecule has 3 N–H and O–H groups in total. The van der Waals surface area contributed by atoms with Crippen molar-refractivity contribution in [3.05, 3.63) is 65.0 Å². The summed E-state index contributed by atoms with van der Waals surface area (Å²) in [6.07, 6.45) is 0. The van der Waals surface area contributed by atoms with Crippen molar-refractivity contribution in [1.82, 2.24) is 5.32 Å². The summed E-state index contributed by atoms with van der Waals surface area (Å²) < 4.78 is 40.2. The summed E-state index contributed by atoms with van der Waals surface area (Å²) in [4.78, 5) is 12.0. The van der Waals surface area contributed by atoms with Gasteiger partial charge in [0.25, 0.3) is 5.91 Å². The lowest BCUT2D eigenvalue weighted by Gasteiger charge is -2.15. The zero-order valence-electron chi connectivity index (χ0n) is 11.2. The molecule has 0 aromatic heterocycles. The minimum atomic E-state index is -1.03. The monoisotopic (exact) mass is 294 g/mol. The molecule has 0 aliphatic heterocycles. The van der Waals surface area contributed by atoms with Gasteiger partial charge in [0.15, 0.2) is 0 Å². The van der Waals surface area contributed by atoms with Crippen molar-refractivity contribution in [3.63, 3.8) is 0 Å². The van der Waals surface area contributed by atoms with Crippen LogP contribution < -0.4 is 11.1 Å². The summed E-state index contributed by atoms with van der Waals surface area (Å²) in [5, 5.41) is 2.44. The average Bonchev–Trinajstić information content (AvgIpc) is 2.43. The molecule has 2 aromatic carbocycles. The van der Waals surface area contributed by atoms with E-state index in [9.17, 15) is 18.0 Å². The van der Waals surface area contributed by atoms with Crippen molar-refractivity contribution in [3.8, 4) is 0 Å². The van der Waals surface area contributed by atoms with E-state index in [2.05, 4.69) is 5.32 Å². The lowest BCUT2D eigenvalue weighted by molar-refractivity contribution is 0.0935. The fraction of sp³-hybridized carbons (Fsp3) is 0.133. The summed E-state index contributed by atoms with van der Waals surface area (Å²) in [5.74, 6) is -3.24. The summed E-state index contributed by atoms with van der Waals surface area (Å²) in [5.41, 5.74) is 4.85. The van der Waals surface area contributed by atoms with Gasteiger partial charge in [-0.05, 0) is 19.1 Å². The SMILES string of the molecule is CC(NC(=O)c1cc(N)c(F)cc1F)c1ccccc1F. The molecule has 0 aliphatic carbocycles. The van der Waals surface area contributed by atoms with Crippen LogP contribution in [0.5, 0.6) is 0 Å². The number of anilines is 1. The second-order valence-electron chi connectivity index (χ2n) is 4.57. The molecule has 0 radical (unpaired) electrons. The van der Waals surface area contributed by atoms with Crippen LogP contribution >= 0.6 is 0 Å². The van der Waals surface area contributed by atoms with E-state index in [1.807, 2.05) is 0 Å². The zero-order valence-corrected chi connectivity index (χ0v) is 11.2. The quantitative estimate of drug-likeness (QED) is 0.854. The summed E-state index contributed by atoms with van der Waals surface area (Å²) in [7, 11) is 0. The highest BCUT2D eigenvalue weighted by atomic mass is 19.1. The van der Waals surface area contributed by atoms with Crippen molar-refractivity contribution >= 4 is 11.6 Å². The molecule has 3 nitrogen and oxygen atoms in total. The minimum Gasteiger partial charge on any atom is -0.396 e. The average molecular weight is 294 g/mol. The first kappa shape index (κ1) is 14.9. The highest BCUT2D eigenvalue weighted by molar-refractivity contribution is 5.95. The van der Waals surface area contributed by atoms with Crippen LogP contribution in [-0.2, 0) is 0 Å². The molecular formula is C15H13F3N2O. The lowest BCUT2D eigenvalue weighted by atomic mass is 10.1. The van der Waals surface area contributed by atoms with E-state index in [1.54, 1.807) is 13.0 Å². The molecule has 2 aromatic rings. The van der Waals surface area contributed by atoms with E-state index in [4.69, 9.17) is 5.73 Å². The predicted molar refractivity (Wildman–Crippen MR) is 73.1 cm³/mol. The third kappa shape index (κ3) is 3.16. The molecule has 0 bridgehead atoms. The molecule has 0 spiro atoms. The van der Waals surface area contributed by atoms with Crippen molar-refractivity contribution in [1.29, 1.82) is 0 Å². The Balaban J connectivity index is 2.22. The molecule has 6 heteroatoms. The van der Waals surface area contributed by atoms with Gasteiger partial charge in [0.2, 0.25) is 0 Å². The van der Waals surface area contributed by atoms with E-state index >= 15 is 0 Å². The van der Waals surface area contributed by atoms with E-state index in [-0.39, 0.29) is 11.3 Å². The third-order valence-electron chi connectivity index (χ3n) is 3.05. The molecule has 0 fully saturated rings. The largest absolute Gasteiger partial charge is 0.396 e. The Labute approximate surface area is 119 Å². The van der Waals surface area contributed by atoms with Gasteiger partial charge in [-0.3, -0.25) is 4.79 Å². The van der Waals surface area contributed by atoms with Crippen LogP contribution in [0.4, 0.5) is 18.9 Å². The molecule has 0 aliphatic rings. The van der Waals surface area contributed by atoms with Crippen molar-refractivity contribution in [2.75, 3.05) is 5.73 Å². The van der Waals surface area contributed by atoms with Gasteiger partial charge in [-0.2, -0.15) is 0 Å². The third-order valence-corrected chi connectivity index (χ3v) is 3.05. The maximum absolute atomic E-state index is 13.6. The second kappa shape index (κ2) is 5.87. The first-order valence-corrected chi connectivity index (χ1v) is 6.20. The molecule has 0 heterocycles. The number of nitrogens with one attached hydrogen (secondary N) is 1. The topological polar surface area (TPSA) is 55.1 Å². The summed E-state index contributed by atoms with van der Waals surface area (Å²) in [6, 6.07) is 6.69. The van der Waals surface area contributed by atoms with Gasteiger partial charge in [-0.15, -0.1) is 0 Å². The normalized spacial score (nSPS) is 12.0. The van der Waals surface area contributed by atoms with Gasteiger partial charge in [-0.1, -0.05) is 18.2 Å². The number of carbonyl (C=O) groups is 1. The van der Waals surface area contributed by atoms with Crippen LogP contribution in [0.1, 0.15) is 28.9 Å². The highest BCUT2D eigenvalue weighted by Crippen LogP contribution is 2.20. The van der Waals surface area contributed by atoms with Crippen molar-refractivity contribution < 1.29 is 18.0 Å². The molecule has 0 saturated carbocycles. The minimum absolute atomic E-state index is 0.265. The second-order valence-corrected chi connectivity index (χ2v) is 4.57. The van der Waals surface area contributed by atoms with Gasteiger partial charge >= 0.3 is 0 Å². The Hall–Kier alpha value is -2.50. The summed E-state index contributed by atoms with van der Waals surface area (Å²) >= 11 is 0. The van der Waals surface area contributed by atoms with Gasteiger partial charge < -0.3 is 11.1 Å². The first-order chi connectivity index (χ1) is 9.90. The zero-order chi connectivity index (χ0) is 15.6. The van der Waals surface area contributed by atoms with Crippen LogP contribution in [0.2, 0.25) is 0 Å². The number of nitrogens with two attached hydrogens (primary N) is 1. The molecular weight excluding hydrogens is 281 g/mol. The van der Waals surface area contributed by atoms with Gasteiger partial charge in [0.05, 0.1) is 17.3 Å². The molecule has 1 atom stereocenters. The maximum Gasteiger partial charge on any atom is 0.254 e. The molecule has 1 unspecified atom stereocenters. The Bertz CT molecular complexity index is 689. The van der Waals surface area contributed by atoms with Crippen LogP contribution in [0.3, 0.4) is 0 Å². The van der Waals surface area contributed by atoms with Gasteiger partial charge in [0.1, 0.15) is 17.5 Å². The number of hydrogen-bond donors (Lipinski definition) is 2. The van der Waals surface area contributed by atoms with E-state index in [1.165, 1.54) is 18.2 Å². The molecule has 110 valence electrons. The molecule has 2 rings (SSSR count). The van der Waals surface area contributed by atoms with Crippen LogP contribution in [0.15, 0.2) is 36.4 Å². The fourth-order valence-electron chi connectivity index (χ4n) is 1.92. The van der Waals surface area contributed by atoms with E-state index in [0.29, 0.717) is 6.07 Å². The number of amides is 1. The molecule has 0 saturated heterocycles. The number of nitrogen functional groups attached to an aromatic ring is 1. The van der Waals surface area contributed by atoms with Gasteiger partial charge in [0, 0.05) is 11.6 Å². The number of carbonyl (C=O) groups excluding carboxylic acids is 1. The molecule has 21 heavy (non-hydrogen) atoms. The lowest BCUT2D eigenvalue weighted by Crippen LogP contribution is -2.28. The standard InChI is InChI=1S/C15H13F3N2O/c1-8(9-4-2-3-5-11(9)16)20-15(21)10-6-14(19)13(18)7-12(10)17/h2-8H,19H2,1H3,(H,20,21). The maximum atomic E-state index is 13.6. The smallest absolute Gasteiger partial charge is 0.254 e. The number of halogens is 3. The number of hydrogen-bond acceptors (Lipinski definition) is 2. The Morgan fingerprint density at radius 1 is 1.10 bits per heavy atom. The highest BCUT2D eigenvalue weighted by Gasteiger charge is 2.18. The van der Waals surface area contributed by atoms with Crippen molar-refractivity contribution in [2.24, 2.45) is 0 Å². The van der Waals surface area contributed by atoms with Crippen LogP contribution in [-0.4, -0.2) is 5.91 Å². The van der Waals surface area contributed by atoms with Crippen molar-refractivity contribution in [2.45, 2.75) is 13.0 Å². The summed E-state index contributed by atoms with van der Waals surface area (Å²) in [6.45, 7) is 1.56. The number of benzene rings is 2.